The second-order valence-corrected chi connectivity index (χ2v) is 20.0. The van der Waals surface area contributed by atoms with Crippen LogP contribution in [0.3, 0.4) is 0 Å². The number of Topliss-reactive ketones (excluding diaryl/α,β-unsaturated/α-hetero) is 1. The van der Waals surface area contributed by atoms with E-state index in [1.807, 2.05) is 0 Å². The molecule has 24 nitrogen and oxygen atoms in total. The van der Waals surface area contributed by atoms with E-state index in [2.05, 4.69) is 21.3 Å². The molecule has 0 saturated carbocycles. The Balaban J connectivity index is 1.16. The number of aliphatic hydroxyl groups excluding tert-OH is 2. The Labute approximate surface area is 400 Å². The molecule has 70 heavy (non-hydrogen) atoms. The third-order valence-corrected chi connectivity index (χ3v) is 13.5. The topological polar surface area (TPSA) is 374 Å². The molecule has 25 heteroatoms. The zero-order valence-electron chi connectivity index (χ0n) is 38.9. The number of benzene rings is 2. The lowest BCUT2D eigenvalue weighted by Crippen LogP contribution is -2.59. The van der Waals surface area contributed by atoms with Gasteiger partial charge in [0.2, 0.25) is 35.3 Å². The van der Waals surface area contributed by atoms with Crippen molar-refractivity contribution in [3.8, 4) is 17.2 Å². The molecule has 5 amide bonds. The van der Waals surface area contributed by atoms with Crippen LogP contribution < -0.4 is 26.0 Å². The van der Waals surface area contributed by atoms with Crippen LogP contribution in [0.15, 0.2) is 18.2 Å². The molecule has 2 saturated heterocycles. The lowest BCUT2D eigenvalue weighted by atomic mass is 9.72. The molecular formula is C45H58N5O19P. The summed E-state index contributed by atoms with van der Waals surface area (Å²) in [5.41, 5.74) is -4.51. The van der Waals surface area contributed by atoms with Crippen molar-refractivity contribution in [1.82, 2.24) is 26.2 Å². The molecule has 6 rings (SSSR count). The lowest BCUT2D eigenvalue weighted by Gasteiger charge is -2.43. The Bertz CT molecular complexity index is 2510. The lowest BCUT2D eigenvalue weighted by molar-refractivity contribution is -0.249. The highest BCUT2D eigenvalue weighted by molar-refractivity contribution is 7.52. The van der Waals surface area contributed by atoms with Crippen LogP contribution in [-0.4, -0.2) is 168 Å². The van der Waals surface area contributed by atoms with E-state index in [0.29, 0.717) is 6.42 Å². The molecule has 0 spiro atoms. The summed E-state index contributed by atoms with van der Waals surface area (Å²) in [5, 5.41) is 66.1. The summed E-state index contributed by atoms with van der Waals surface area (Å²) in [5.74, 6) is -8.60. The number of hydrogen-bond acceptors (Lipinski definition) is 17. The van der Waals surface area contributed by atoms with Gasteiger partial charge >= 0.3 is 7.60 Å². The molecule has 0 radical (unpaired) electrons. The van der Waals surface area contributed by atoms with Gasteiger partial charge in [-0.1, -0.05) is 26.0 Å². The maximum absolute atomic E-state index is 14.1. The SMILES string of the molecule is COc1cccc2c1C(=O)c1c(O)c3c(c(O)c1C2=O)CC(O)(C(=O)CO)CC3OC1CC(NC(=O)C2CCCN2C(=O)CNC(=O)C(CC(C)C)NC(=O)C(C)NC(=O)CP(=O)(O)O)C(O)C(C)O1. The summed E-state index contributed by atoms with van der Waals surface area (Å²) < 4.78 is 28.7. The van der Waals surface area contributed by atoms with Crippen molar-refractivity contribution >= 4 is 54.5 Å². The van der Waals surface area contributed by atoms with Crippen LogP contribution in [0, 0.1) is 5.92 Å². The van der Waals surface area contributed by atoms with Crippen LogP contribution in [0.25, 0.3) is 0 Å². The van der Waals surface area contributed by atoms with Gasteiger partial charge in [-0.25, -0.2) is 0 Å². The van der Waals surface area contributed by atoms with Crippen molar-refractivity contribution in [2.45, 2.75) is 121 Å². The van der Waals surface area contributed by atoms with E-state index in [9.17, 15) is 68.5 Å². The Kier molecular flexibility index (Phi) is 16.2. The highest BCUT2D eigenvalue weighted by atomic mass is 31.2. The van der Waals surface area contributed by atoms with Gasteiger partial charge in [0, 0.05) is 42.5 Å². The zero-order valence-corrected chi connectivity index (χ0v) is 39.8. The number of carbonyl (C=O) groups excluding carboxylic acids is 8. The number of methoxy groups -OCH3 is 1. The standard InChI is InChI=1S/C45H58N5O19P/c1-19(2)12-25(49-42(60)20(3)47-30(53)18-70(64,65)66)43(61)46-16-31(54)50-11-7-9-26(50)44(62)48-24-13-32(68-21(4)37(24)55)69-28-15-45(63,29(52)17-51)14-23-34(28)41(59)36-35(39(23)57)38(56)22-8-6-10-27(67-5)33(22)40(36)58/h6,8,10,19-21,24-26,28,32,37,51,55,57,59,63H,7,9,11-18H2,1-5H3,(H,46,61)(H,47,53)(H,48,62)(H,49,60)(H2,64,65,66). The van der Waals surface area contributed by atoms with E-state index in [0.717, 1.165) is 0 Å². The zero-order chi connectivity index (χ0) is 51.7. The largest absolute Gasteiger partial charge is 0.507 e. The summed E-state index contributed by atoms with van der Waals surface area (Å²) >= 11 is 0. The smallest absolute Gasteiger partial charge is 0.334 e. The molecule has 2 aromatic carbocycles. The fraction of sp³-hybridized carbons (Fsp3) is 0.556. The fourth-order valence-electron chi connectivity index (χ4n) is 9.40. The van der Waals surface area contributed by atoms with E-state index in [-0.39, 0.29) is 59.7 Å². The summed E-state index contributed by atoms with van der Waals surface area (Å²) in [4.78, 5) is 126. The highest BCUT2D eigenvalue weighted by Crippen LogP contribution is 2.52. The van der Waals surface area contributed by atoms with Gasteiger partial charge < -0.3 is 75.7 Å². The minimum Gasteiger partial charge on any atom is -0.507 e. The number of amides is 5. The predicted octanol–water partition coefficient (Wildman–Crippen LogP) is -1.52. The summed E-state index contributed by atoms with van der Waals surface area (Å²) in [7, 11) is -3.43. The van der Waals surface area contributed by atoms with E-state index < -0.39 is 164 Å². The Morgan fingerprint density at radius 3 is 2.31 bits per heavy atom. The molecule has 2 fully saturated rings. The van der Waals surface area contributed by atoms with Gasteiger partial charge in [-0.15, -0.1) is 0 Å². The van der Waals surface area contributed by atoms with Crippen molar-refractivity contribution in [1.29, 1.82) is 0 Å². The van der Waals surface area contributed by atoms with E-state index in [1.165, 1.54) is 44.1 Å². The summed E-state index contributed by atoms with van der Waals surface area (Å²) in [6, 6.07) is -0.460. The van der Waals surface area contributed by atoms with Crippen LogP contribution in [-0.2, 0) is 49.2 Å². The average Bonchev–Trinajstić information content (AvgIpc) is 3.79. The summed E-state index contributed by atoms with van der Waals surface area (Å²) in [6.45, 7) is 4.63. The van der Waals surface area contributed by atoms with Crippen LogP contribution in [0.2, 0.25) is 0 Å². The number of phenolic OH excluding ortho intramolecular Hbond substituents is 2. The van der Waals surface area contributed by atoms with E-state index in [4.69, 9.17) is 24.0 Å². The number of nitrogens with one attached hydrogen (secondary N) is 4. The number of aromatic hydroxyl groups is 2. The first kappa shape index (κ1) is 53.5. The second-order valence-electron chi connectivity index (χ2n) is 18.4. The maximum Gasteiger partial charge on any atom is 0.334 e. The Morgan fingerprint density at radius 1 is 0.986 bits per heavy atom. The Hall–Kier alpha value is -5.85. The molecule has 11 N–H and O–H groups in total. The van der Waals surface area contributed by atoms with Crippen LogP contribution >= 0.6 is 7.60 Å². The van der Waals surface area contributed by atoms with E-state index >= 15 is 0 Å². The Morgan fingerprint density at radius 2 is 1.67 bits per heavy atom. The number of aliphatic hydroxyl groups is 3. The van der Waals surface area contributed by atoms with Crippen molar-refractivity contribution in [2.24, 2.45) is 5.92 Å². The van der Waals surface area contributed by atoms with Crippen LogP contribution in [0.1, 0.15) is 109 Å². The number of ketones is 3. The number of carbonyl (C=O) groups is 8. The third-order valence-electron chi connectivity index (χ3n) is 12.8. The number of nitrogens with zero attached hydrogens (tertiary/aromatic N) is 1. The predicted molar refractivity (Wildman–Crippen MR) is 239 cm³/mol. The first-order valence-electron chi connectivity index (χ1n) is 22.5. The van der Waals surface area contributed by atoms with Crippen molar-refractivity contribution in [3.63, 3.8) is 0 Å². The number of fused-ring (bicyclic) bond motifs is 3. The number of likely N-dealkylation sites (tertiary alicyclic amines) is 1. The van der Waals surface area contributed by atoms with Gasteiger partial charge in [0.05, 0.1) is 48.6 Å². The average molecular weight is 1000 g/mol. The minimum atomic E-state index is -4.71. The molecule has 2 aliphatic carbocycles. The number of phenols is 2. The number of hydrogen-bond donors (Lipinski definition) is 11. The fourth-order valence-corrected chi connectivity index (χ4v) is 9.87. The number of ether oxygens (including phenoxy) is 3. The first-order valence-corrected chi connectivity index (χ1v) is 24.3. The van der Waals surface area contributed by atoms with Crippen molar-refractivity contribution < 1.29 is 92.5 Å². The molecular weight excluding hydrogens is 945 g/mol. The molecule has 0 bridgehead atoms. The van der Waals surface area contributed by atoms with E-state index in [1.54, 1.807) is 13.8 Å². The van der Waals surface area contributed by atoms with Crippen molar-refractivity contribution in [3.05, 3.63) is 51.6 Å². The van der Waals surface area contributed by atoms with Gasteiger partial charge in [-0.2, -0.15) is 0 Å². The second kappa shape index (κ2) is 21.2. The number of rotatable bonds is 17. The highest BCUT2D eigenvalue weighted by Gasteiger charge is 2.51. The minimum absolute atomic E-state index is 0.0128. The first-order chi connectivity index (χ1) is 32.8. The maximum atomic E-state index is 14.1. The van der Waals surface area contributed by atoms with Gasteiger partial charge in [-0.3, -0.25) is 42.9 Å². The van der Waals surface area contributed by atoms with Crippen LogP contribution in [0.4, 0.5) is 0 Å². The van der Waals surface area contributed by atoms with Gasteiger partial charge in [-0.05, 0) is 45.1 Å². The third kappa shape index (κ3) is 11.2. The molecule has 9 unspecified atom stereocenters. The van der Waals surface area contributed by atoms with Gasteiger partial charge in [0.1, 0.15) is 59.8 Å². The molecule has 4 aliphatic rings. The molecule has 382 valence electrons. The molecule has 9 atom stereocenters. The molecule has 2 aromatic rings. The van der Waals surface area contributed by atoms with Crippen molar-refractivity contribution in [2.75, 3.05) is 33.0 Å². The van der Waals surface area contributed by atoms with Crippen LogP contribution in [0.5, 0.6) is 17.2 Å². The molecule has 2 heterocycles. The molecule has 0 aromatic heterocycles. The van der Waals surface area contributed by atoms with Gasteiger partial charge in [0.25, 0.3) is 0 Å². The van der Waals surface area contributed by atoms with Gasteiger partial charge in [0.15, 0.2) is 17.9 Å². The monoisotopic (exact) mass is 1000 g/mol. The normalized spacial score (nSPS) is 24.9. The quantitative estimate of drug-likeness (QED) is 0.0540. The summed E-state index contributed by atoms with van der Waals surface area (Å²) in [6.07, 6.45) is -7.52. The molecule has 2 aliphatic heterocycles.